The summed E-state index contributed by atoms with van der Waals surface area (Å²) < 4.78 is 14.9. The second kappa shape index (κ2) is 9.09. The topological polar surface area (TPSA) is 116 Å². The molecule has 0 unspecified atom stereocenters. The number of benzene rings is 1. The van der Waals surface area contributed by atoms with Crippen LogP contribution in [0, 0.1) is 0 Å². The zero-order valence-electron chi connectivity index (χ0n) is 15.3. The summed E-state index contributed by atoms with van der Waals surface area (Å²) in [5.41, 5.74) is 1.34. The standard InChI is InChI=1S/C18H18N4O5S/c1-25-13-5-3-11(4-6-13)17-21-15(27-22-17)8-7-14(23)20-18-19-12(10-28-18)9-16(24)26-2/h3-6,10H,7-9H2,1-2H3,(H,19,20,23). The number of esters is 1. The lowest BCUT2D eigenvalue weighted by molar-refractivity contribution is -0.139. The number of ether oxygens (including phenoxy) is 2. The van der Waals surface area contributed by atoms with Gasteiger partial charge in [0.1, 0.15) is 5.75 Å². The second-order valence-corrected chi connectivity index (χ2v) is 6.54. The summed E-state index contributed by atoms with van der Waals surface area (Å²) in [4.78, 5) is 31.8. The summed E-state index contributed by atoms with van der Waals surface area (Å²) in [5, 5.41) is 8.74. The summed E-state index contributed by atoms with van der Waals surface area (Å²) in [7, 11) is 2.91. The van der Waals surface area contributed by atoms with Crippen molar-refractivity contribution in [1.82, 2.24) is 15.1 Å². The van der Waals surface area contributed by atoms with E-state index in [1.165, 1.54) is 18.4 Å². The molecule has 1 aromatic carbocycles. The number of methoxy groups -OCH3 is 2. The normalized spacial score (nSPS) is 10.5. The van der Waals surface area contributed by atoms with E-state index in [-0.39, 0.29) is 24.7 Å². The van der Waals surface area contributed by atoms with Crippen LogP contribution < -0.4 is 10.1 Å². The third-order valence-electron chi connectivity index (χ3n) is 3.73. The molecule has 0 aliphatic rings. The van der Waals surface area contributed by atoms with Gasteiger partial charge in [0.05, 0.1) is 26.3 Å². The molecule has 0 spiro atoms. The Balaban J connectivity index is 1.51. The number of amides is 1. The highest BCUT2D eigenvalue weighted by molar-refractivity contribution is 7.13. The average molecular weight is 402 g/mol. The Morgan fingerprint density at radius 1 is 1.18 bits per heavy atom. The van der Waals surface area contributed by atoms with E-state index in [0.29, 0.717) is 29.0 Å². The molecule has 2 aromatic heterocycles. The number of hydrogen-bond donors (Lipinski definition) is 1. The molecule has 0 aliphatic carbocycles. The van der Waals surface area contributed by atoms with Gasteiger partial charge in [-0.2, -0.15) is 4.98 Å². The highest BCUT2D eigenvalue weighted by Crippen LogP contribution is 2.20. The number of hydrogen-bond acceptors (Lipinski definition) is 9. The Kier molecular flexibility index (Phi) is 6.33. The number of carbonyl (C=O) groups excluding carboxylic acids is 2. The molecule has 0 bridgehead atoms. The van der Waals surface area contributed by atoms with Crippen molar-refractivity contribution in [1.29, 1.82) is 0 Å². The molecular weight excluding hydrogens is 384 g/mol. The number of nitrogens with one attached hydrogen (secondary N) is 1. The van der Waals surface area contributed by atoms with Crippen molar-refractivity contribution in [2.45, 2.75) is 19.3 Å². The summed E-state index contributed by atoms with van der Waals surface area (Å²) >= 11 is 1.24. The van der Waals surface area contributed by atoms with Crippen LogP contribution >= 0.6 is 11.3 Å². The number of carbonyl (C=O) groups is 2. The first-order valence-corrected chi connectivity index (χ1v) is 9.23. The lowest BCUT2D eigenvalue weighted by Gasteiger charge is -1.99. The van der Waals surface area contributed by atoms with Gasteiger partial charge in [-0.15, -0.1) is 11.3 Å². The number of thiazole rings is 1. The molecule has 1 amide bonds. The molecule has 0 radical (unpaired) electrons. The molecule has 1 N–H and O–H groups in total. The highest BCUT2D eigenvalue weighted by atomic mass is 32.1. The van der Waals surface area contributed by atoms with Crippen molar-refractivity contribution in [3.05, 3.63) is 41.2 Å². The molecule has 146 valence electrons. The summed E-state index contributed by atoms with van der Waals surface area (Å²) in [6.07, 6.45) is 0.532. The number of aromatic nitrogens is 3. The van der Waals surface area contributed by atoms with Gasteiger partial charge >= 0.3 is 5.97 Å². The molecule has 0 atom stereocenters. The maximum absolute atomic E-state index is 12.1. The van der Waals surface area contributed by atoms with Gasteiger partial charge in [0, 0.05) is 23.8 Å². The zero-order valence-corrected chi connectivity index (χ0v) is 16.1. The van der Waals surface area contributed by atoms with Gasteiger partial charge in [0.15, 0.2) is 5.13 Å². The molecule has 0 saturated carbocycles. The molecule has 0 aliphatic heterocycles. The Labute approximate surface area is 164 Å². The minimum absolute atomic E-state index is 0.0684. The first-order valence-electron chi connectivity index (χ1n) is 8.35. The van der Waals surface area contributed by atoms with Crippen LogP contribution in [0.3, 0.4) is 0 Å². The van der Waals surface area contributed by atoms with Gasteiger partial charge in [-0.1, -0.05) is 5.16 Å². The zero-order chi connectivity index (χ0) is 19.9. The highest BCUT2D eigenvalue weighted by Gasteiger charge is 2.13. The monoisotopic (exact) mass is 402 g/mol. The number of aryl methyl sites for hydroxylation is 1. The maximum atomic E-state index is 12.1. The molecule has 9 nitrogen and oxygen atoms in total. The summed E-state index contributed by atoms with van der Waals surface area (Å²) in [6.45, 7) is 0. The van der Waals surface area contributed by atoms with Crippen LogP contribution in [0.2, 0.25) is 0 Å². The van der Waals surface area contributed by atoms with Crippen LogP contribution in [0.5, 0.6) is 5.75 Å². The SMILES string of the molecule is COC(=O)Cc1csc(NC(=O)CCc2nc(-c3ccc(OC)cc3)no2)n1. The molecule has 0 saturated heterocycles. The van der Waals surface area contributed by atoms with Crippen molar-refractivity contribution >= 4 is 28.3 Å². The summed E-state index contributed by atoms with van der Waals surface area (Å²) in [6, 6.07) is 7.27. The Morgan fingerprint density at radius 3 is 2.68 bits per heavy atom. The van der Waals surface area contributed by atoms with Crippen LogP contribution in [0.1, 0.15) is 18.0 Å². The minimum atomic E-state index is -0.382. The van der Waals surface area contributed by atoms with E-state index in [4.69, 9.17) is 9.26 Å². The smallest absolute Gasteiger partial charge is 0.311 e. The first kappa shape index (κ1) is 19.5. The van der Waals surface area contributed by atoms with Gasteiger partial charge < -0.3 is 19.3 Å². The van der Waals surface area contributed by atoms with Gasteiger partial charge in [0.25, 0.3) is 0 Å². The van der Waals surface area contributed by atoms with E-state index in [9.17, 15) is 9.59 Å². The van der Waals surface area contributed by atoms with E-state index >= 15 is 0 Å². The average Bonchev–Trinajstić information content (AvgIpc) is 3.36. The van der Waals surface area contributed by atoms with E-state index in [0.717, 1.165) is 11.3 Å². The van der Waals surface area contributed by atoms with E-state index in [1.807, 2.05) is 12.1 Å². The lowest BCUT2D eigenvalue weighted by atomic mass is 10.2. The van der Waals surface area contributed by atoms with Gasteiger partial charge in [-0.3, -0.25) is 9.59 Å². The number of rotatable bonds is 8. The lowest BCUT2D eigenvalue weighted by Crippen LogP contribution is -2.12. The van der Waals surface area contributed by atoms with E-state index in [2.05, 4.69) is 25.2 Å². The van der Waals surface area contributed by atoms with Crippen molar-refractivity contribution in [2.24, 2.45) is 0 Å². The van der Waals surface area contributed by atoms with Crippen LogP contribution in [0.25, 0.3) is 11.4 Å². The molecule has 3 rings (SSSR count). The third kappa shape index (κ3) is 5.13. The van der Waals surface area contributed by atoms with Crippen LogP contribution in [0.15, 0.2) is 34.2 Å². The molecule has 2 heterocycles. The van der Waals surface area contributed by atoms with E-state index in [1.54, 1.807) is 24.6 Å². The molecule has 3 aromatic rings. The number of anilines is 1. The minimum Gasteiger partial charge on any atom is -0.497 e. The van der Waals surface area contributed by atoms with Crippen LogP contribution in [-0.2, 0) is 27.2 Å². The fraction of sp³-hybridized carbons (Fsp3) is 0.278. The fourth-order valence-corrected chi connectivity index (χ4v) is 3.01. The number of nitrogens with zero attached hydrogens (tertiary/aromatic N) is 3. The van der Waals surface area contributed by atoms with Crippen molar-refractivity contribution in [3.8, 4) is 17.1 Å². The van der Waals surface area contributed by atoms with Gasteiger partial charge in [-0.25, -0.2) is 4.98 Å². The van der Waals surface area contributed by atoms with Crippen LogP contribution in [-0.4, -0.2) is 41.2 Å². The predicted molar refractivity (Wildman–Crippen MR) is 101 cm³/mol. The van der Waals surface area contributed by atoms with Crippen molar-refractivity contribution in [2.75, 3.05) is 19.5 Å². The summed E-state index contributed by atoms with van der Waals surface area (Å²) in [5.74, 6) is 0.938. The largest absolute Gasteiger partial charge is 0.497 e. The van der Waals surface area contributed by atoms with Gasteiger partial charge in [-0.05, 0) is 24.3 Å². The van der Waals surface area contributed by atoms with Gasteiger partial charge in [0.2, 0.25) is 17.6 Å². The second-order valence-electron chi connectivity index (χ2n) is 5.69. The third-order valence-corrected chi connectivity index (χ3v) is 4.54. The van der Waals surface area contributed by atoms with Crippen LogP contribution in [0.4, 0.5) is 5.13 Å². The molecular formula is C18H18N4O5S. The molecule has 28 heavy (non-hydrogen) atoms. The quantitative estimate of drug-likeness (QED) is 0.571. The van der Waals surface area contributed by atoms with E-state index < -0.39 is 0 Å². The van der Waals surface area contributed by atoms with Crippen molar-refractivity contribution < 1.29 is 23.6 Å². The maximum Gasteiger partial charge on any atom is 0.311 e. The Morgan fingerprint density at radius 2 is 1.96 bits per heavy atom. The first-order chi connectivity index (χ1) is 13.6. The Bertz CT molecular complexity index is 951. The molecule has 0 fully saturated rings. The Hall–Kier alpha value is -3.27. The predicted octanol–water partition coefficient (Wildman–Crippen LogP) is 2.49. The van der Waals surface area contributed by atoms with Crippen molar-refractivity contribution in [3.63, 3.8) is 0 Å². The fourth-order valence-electron chi connectivity index (χ4n) is 2.28. The molecule has 10 heteroatoms.